The lowest BCUT2D eigenvalue weighted by atomic mass is 10.0. The first kappa shape index (κ1) is 24.9. The second kappa shape index (κ2) is 11.0. The molecule has 2 aromatic carbocycles. The zero-order valence-corrected chi connectivity index (χ0v) is 19.8. The summed E-state index contributed by atoms with van der Waals surface area (Å²) in [6, 6.07) is 12.3. The fourth-order valence-electron chi connectivity index (χ4n) is 3.92. The largest absolute Gasteiger partial charge is 0.494 e. The number of ether oxygens (including phenoxy) is 3. The summed E-state index contributed by atoms with van der Waals surface area (Å²) in [6.45, 7) is -0.354. The number of allylic oxidation sites excluding steroid dienone is 1. The number of Topliss-reactive ketones (excluding diaryl/α,β-unsaturated/α-hetero) is 1. The van der Waals surface area contributed by atoms with Crippen LogP contribution in [0.3, 0.4) is 0 Å². The first-order chi connectivity index (χ1) is 17.4. The van der Waals surface area contributed by atoms with Crippen molar-refractivity contribution in [3.05, 3.63) is 88.5 Å². The van der Waals surface area contributed by atoms with Crippen LogP contribution in [0.5, 0.6) is 17.2 Å². The summed E-state index contributed by atoms with van der Waals surface area (Å²) in [4.78, 5) is 30.0. The van der Waals surface area contributed by atoms with Crippen molar-refractivity contribution in [3.8, 4) is 17.2 Å². The summed E-state index contributed by atoms with van der Waals surface area (Å²) in [6.07, 6.45) is 2.55. The maximum atomic E-state index is 13.9. The molecule has 0 bridgehead atoms. The Kier molecular flexibility index (Phi) is 7.60. The molecule has 0 spiro atoms. The van der Waals surface area contributed by atoms with E-state index in [1.54, 1.807) is 18.2 Å². The lowest BCUT2D eigenvalue weighted by Gasteiger charge is -2.13. The summed E-state index contributed by atoms with van der Waals surface area (Å²) >= 11 is 0. The normalized spacial score (nSPS) is 11.9. The van der Waals surface area contributed by atoms with Crippen molar-refractivity contribution in [3.63, 3.8) is 0 Å². The summed E-state index contributed by atoms with van der Waals surface area (Å²) in [5.74, 6) is -0.0796. The summed E-state index contributed by atoms with van der Waals surface area (Å²) in [7, 11) is 2.93. The number of amides is 1. The maximum Gasteiger partial charge on any atom is 0.251 e. The van der Waals surface area contributed by atoms with E-state index in [1.807, 2.05) is 6.08 Å². The van der Waals surface area contributed by atoms with Gasteiger partial charge in [0.15, 0.2) is 17.3 Å². The minimum Gasteiger partial charge on any atom is -0.494 e. The Morgan fingerprint density at radius 3 is 2.56 bits per heavy atom. The van der Waals surface area contributed by atoms with Crippen molar-refractivity contribution in [2.24, 2.45) is 0 Å². The number of nitrogens with zero attached hydrogens (tertiary/aromatic N) is 1. The number of aliphatic hydroxyl groups excluding tert-OH is 1. The number of carbonyl (C=O) groups is 2. The number of halogens is 1. The van der Waals surface area contributed by atoms with Crippen LogP contribution in [0.25, 0.3) is 5.57 Å². The van der Waals surface area contributed by atoms with Gasteiger partial charge in [-0.15, -0.1) is 0 Å². The van der Waals surface area contributed by atoms with Gasteiger partial charge in [0.25, 0.3) is 5.91 Å². The number of pyridine rings is 1. The van der Waals surface area contributed by atoms with Gasteiger partial charge in [0.05, 0.1) is 27.4 Å². The van der Waals surface area contributed by atoms with Gasteiger partial charge in [-0.3, -0.25) is 9.59 Å². The van der Waals surface area contributed by atoms with Crippen LogP contribution in [0.2, 0.25) is 0 Å². The van der Waals surface area contributed by atoms with Crippen LogP contribution in [0.1, 0.15) is 37.7 Å². The average Bonchev–Trinajstić information content (AvgIpc) is 3.32. The second-order valence-corrected chi connectivity index (χ2v) is 7.91. The molecule has 0 saturated carbocycles. The number of aliphatic hydroxyl groups is 1. The van der Waals surface area contributed by atoms with Gasteiger partial charge in [0.1, 0.15) is 29.6 Å². The Balaban J connectivity index is 1.49. The highest BCUT2D eigenvalue weighted by molar-refractivity contribution is 6.02. The summed E-state index contributed by atoms with van der Waals surface area (Å²) in [5.41, 5.74) is 3.20. The van der Waals surface area contributed by atoms with E-state index in [4.69, 9.17) is 19.3 Å². The van der Waals surface area contributed by atoms with E-state index < -0.39 is 11.7 Å². The third kappa shape index (κ3) is 5.21. The Hall–Kier alpha value is -4.24. The van der Waals surface area contributed by atoms with Crippen LogP contribution in [-0.2, 0) is 6.42 Å². The van der Waals surface area contributed by atoms with Gasteiger partial charge >= 0.3 is 0 Å². The number of methoxy groups -OCH3 is 2. The number of nitrogens with one attached hydrogen (secondary N) is 1. The molecule has 1 aliphatic rings. The fourth-order valence-corrected chi connectivity index (χ4v) is 3.92. The molecule has 0 atom stereocenters. The van der Waals surface area contributed by atoms with E-state index in [2.05, 4.69) is 10.3 Å². The quantitative estimate of drug-likeness (QED) is 0.419. The molecule has 3 aromatic rings. The molecule has 8 nitrogen and oxygen atoms in total. The van der Waals surface area contributed by atoms with Crippen molar-refractivity contribution >= 4 is 17.3 Å². The number of carbonyl (C=O) groups excluding carboxylic acids is 2. The number of ketones is 1. The van der Waals surface area contributed by atoms with E-state index in [9.17, 15) is 14.0 Å². The Morgan fingerprint density at radius 1 is 1.03 bits per heavy atom. The first-order valence-corrected chi connectivity index (χ1v) is 11.2. The Morgan fingerprint density at radius 2 is 1.81 bits per heavy atom. The third-order valence-electron chi connectivity index (χ3n) is 5.69. The molecule has 2 N–H and O–H groups in total. The molecule has 36 heavy (non-hydrogen) atoms. The van der Waals surface area contributed by atoms with Gasteiger partial charge in [-0.05, 0) is 60.0 Å². The number of benzene rings is 2. The Labute approximate surface area is 207 Å². The highest BCUT2D eigenvalue weighted by Crippen LogP contribution is 2.36. The minimum absolute atomic E-state index is 0.0880. The van der Waals surface area contributed by atoms with E-state index >= 15 is 0 Å². The van der Waals surface area contributed by atoms with E-state index in [1.165, 1.54) is 44.6 Å². The number of rotatable bonds is 10. The molecule has 0 fully saturated rings. The van der Waals surface area contributed by atoms with Crippen molar-refractivity contribution in [1.82, 2.24) is 10.3 Å². The highest BCUT2D eigenvalue weighted by atomic mass is 19.1. The van der Waals surface area contributed by atoms with Gasteiger partial charge in [0.2, 0.25) is 0 Å². The van der Waals surface area contributed by atoms with Crippen LogP contribution in [0.15, 0.2) is 54.6 Å². The molecule has 1 aliphatic carbocycles. The summed E-state index contributed by atoms with van der Waals surface area (Å²) in [5, 5.41) is 11.5. The lowest BCUT2D eigenvalue weighted by Crippen LogP contribution is -2.30. The van der Waals surface area contributed by atoms with Crippen LogP contribution in [0.4, 0.5) is 4.39 Å². The summed E-state index contributed by atoms with van der Waals surface area (Å²) < 4.78 is 29.9. The Bertz CT molecular complexity index is 1340. The van der Waals surface area contributed by atoms with Crippen LogP contribution >= 0.6 is 0 Å². The standard InChI is InChI=1S/C27H25FN2O6/c1-34-24-10-8-21(30-26(24)19-7-4-16-3-6-18(28)14-20(16)19)22(32)15-29-27(33)17-5-9-23(36-12-11-31)25(13-17)35-2/h3,5-10,13-14,31H,4,11-12,15H2,1-2H3,(H,29,33). The number of hydrogen-bond acceptors (Lipinski definition) is 7. The van der Waals surface area contributed by atoms with Crippen molar-refractivity contribution in [1.29, 1.82) is 0 Å². The zero-order valence-electron chi connectivity index (χ0n) is 19.8. The van der Waals surface area contributed by atoms with Crippen molar-refractivity contribution < 1.29 is 33.3 Å². The molecule has 4 rings (SSSR count). The van der Waals surface area contributed by atoms with Gasteiger partial charge < -0.3 is 24.6 Å². The van der Waals surface area contributed by atoms with Gasteiger partial charge in [-0.1, -0.05) is 12.1 Å². The maximum absolute atomic E-state index is 13.9. The lowest BCUT2D eigenvalue weighted by molar-refractivity contribution is 0.0902. The SMILES string of the molecule is COc1cc(C(=O)NCC(=O)c2ccc(OC)c(C3=CCc4ccc(F)cc43)n2)ccc1OCCO. The van der Waals surface area contributed by atoms with Crippen LogP contribution in [-0.4, -0.2) is 55.8 Å². The van der Waals surface area contributed by atoms with Gasteiger partial charge in [-0.2, -0.15) is 0 Å². The van der Waals surface area contributed by atoms with Crippen molar-refractivity contribution in [2.75, 3.05) is 34.0 Å². The number of fused-ring (bicyclic) bond motifs is 1. The molecular weight excluding hydrogens is 467 g/mol. The third-order valence-corrected chi connectivity index (χ3v) is 5.69. The number of aromatic nitrogens is 1. The second-order valence-electron chi connectivity index (χ2n) is 7.91. The van der Waals surface area contributed by atoms with Crippen LogP contribution < -0.4 is 19.5 Å². The highest BCUT2D eigenvalue weighted by Gasteiger charge is 2.22. The molecule has 0 unspecified atom stereocenters. The predicted molar refractivity (Wildman–Crippen MR) is 130 cm³/mol. The van der Waals surface area contributed by atoms with E-state index in [-0.39, 0.29) is 36.8 Å². The predicted octanol–water partition coefficient (Wildman–Crippen LogP) is 3.21. The zero-order chi connectivity index (χ0) is 25.7. The molecular formula is C27H25FN2O6. The first-order valence-electron chi connectivity index (χ1n) is 11.2. The molecule has 1 amide bonds. The molecule has 0 radical (unpaired) electrons. The number of hydrogen-bond donors (Lipinski definition) is 2. The van der Waals surface area contributed by atoms with Crippen LogP contribution in [0, 0.1) is 5.82 Å². The monoisotopic (exact) mass is 492 g/mol. The molecule has 1 heterocycles. The average molecular weight is 493 g/mol. The fraction of sp³-hybridized carbons (Fsp3) is 0.222. The molecule has 0 aliphatic heterocycles. The minimum atomic E-state index is -0.480. The van der Waals surface area contributed by atoms with E-state index in [0.717, 1.165) is 5.56 Å². The molecule has 1 aromatic heterocycles. The topological polar surface area (TPSA) is 107 Å². The molecule has 186 valence electrons. The van der Waals surface area contributed by atoms with Gasteiger partial charge in [0, 0.05) is 11.1 Å². The molecule has 0 saturated heterocycles. The molecule has 9 heteroatoms. The van der Waals surface area contributed by atoms with E-state index in [0.29, 0.717) is 40.5 Å². The van der Waals surface area contributed by atoms with Gasteiger partial charge in [-0.25, -0.2) is 9.37 Å². The smallest absolute Gasteiger partial charge is 0.251 e. The van der Waals surface area contributed by atoms with Crippen molar-refractivity contribution in [2.45, 2.75) is 6.42 Å².